The summed E-state index contributed by atoms with van der Waals surface area (Å²) in [6, 6.07) is 62.4. The van der Waals surface area contributed by atoms with Crippen molar-refractivity contribution in [1.29, 1.82) is 0 Å². The highest BCUT2D eigenvalue weighted by Gasteiger charge is 2.37. The number of imidazole rings is 1. The van der Waals surface area contributed by atoms with E-state index in [0.717, 1.165) is 54.6 Å². The van der Waals surface area contributed by atoms with Gasteiger partial charge in [-0.25, -0.2) is 13.4 Å². The Kier molecular flexibility index (Phi) is 6.41. The minimum atomic E-state index is -4.00. The van der Waals surface area contributed by atoms with Crippen molar-refractivity contribution in [3.63, 3.8) is 0 Å². The molecule has 0 saturated heterocycles. The summed E-state index contributed by atoms with van der Waals surface area (Å²) < 4.78 is 32.4. The molecule has 0 fully saturated rings. The van der Waals surface area contributed by atoms with Gasteiger partial charge in [0.1, 0.15) is 10.7 Å². The lowest BCUT2D eigenvalue weighted by molar-refractivity contribution is 0.595. The maximum absolute atomic E-state index is 15.2. The minimum Gasteiger partial charge on any atom is -0.290 e. The third-order valence-electron chi connectivity index (χ3n) is 11.7. The number of fused-ring (bicyclic) bond motifs is 8. The molecule has 0 bridgehead atoms. The number of hydrogen-bond acceptors (Lipinski definition) is 3. The second-order valence-corrected chi connectivity index (χ2v) is 16.5. The summed E-state index contributed by atoms with van der Waals surface area (Å²) in [5.74, 6) is 0.708. The zero-order valence-corrected chi connectivity index (χ0v) is 30.8. The van der Waals surface area contributed by atoms with E-state index in [-0.39, 0.29) is 4.90 Å². The van der Waals surface area contributed by atoms with Crippen LogP contribution < -0.4 is 0 Å². The number of sulfone groups is 1. The van der Waals surface area contributed by atoms with Gasteiger partial charge in [0.15, 0.2) is 0 Å². The van der Waals surface area contributed by atoms with Crippen molar-refractivity contribution in [3.8, 4) is 39.3 Å². The first kappa shape index (κ1) is 31.3. The zero-order valence-electron chi connectivity index (χ0n) is 29.9. The highest BCUT2D eigenvalue weighted by atomic mass is 32.2. The Morgan fingerprint density at radius 3 is 1.71 bits per heavy atom. The Hall–Kier alpha value is -7.08. The van der Waals surface area contributed by atoms with E-state index >= 15 is 8.42 Å². The first-order valence-corrected chi connectivity index (χ1v) is 20.3. The molecule has 4 nitrogen and oxygen atoms in total. The van der Waals surface area contributed by atoms with Gasteiger partial charge in [-0.15, -0.1) is 0 Å². The highest BCUT2D eigenvalue weighted by Crippen LogP contribution is 2.51. The van der Waals surface area contributed by atoms with Crippen LogP contribution in [-0.2, 0) is 9.84 Å². The molecule has 1 aromatic heterocycles. The van der Waals surface area contributed by atoms with Crippen LogP contribution in [0.5, 0.6) is 0 Å². The summed E-state index contributed by atoms with van der Waals surface area (Å²) in [7, 11) is -4.00. The Labute approximate surface area is 322 Å². The molecule has 10 aromatic carbocycles. The summed E-state index contributed by atoms with van der Waals surface area (Å²) >= 11 is 0. The van der Waals surface area contributed by atoms with Crippen LogP contribution in [0.4, 0.5) is 0 Å². The molecule has 12 rings (SSSR count). The molecule has 0 radical (unpaired) electrons. The molecular weight excluding hydrogens is 705 g/mol. The van der Waals surface area contributed by atoms with Crippen LogP contribution in [0.1, 0.15) is 0 Å². The highest BCUT2D eigenvalue weighted by molar-refractivity contribution is 7.92. The Balaban J connectivity index is 1.20. The van der Waals surface area contributed by atoms with Crippen LogP contribution >= 0.6 is 0 Å². The van der Waals surface area contributed by atoms with Gasteiger partial charge in [0, 0.05) is 11.1 Å². The molecule has 0 N–H and O–H groups in total. The molecule has 2 heterocycles. The molecule has 0 unspecified atom stereocenters. The lowest BCUT2D eigenvalue weighted by atomic mass is 9.83. The van der Waals surface area contributed by atoms with E-state index in [0.29, 0.717) is 33.0 Å². The molecule has 56 heavy (non-hydrogen) atoms. The number of rotatable bonds is 3. The molecule has 5 heteroatoms. The van der Waals surface area contributed by atoms with Crippen LogP contribution in [0.2, 0.25) is 0 Å². The average molecular weight is 735 g/mol. The quantitative estimate of drug-likeness (QED) is 0.134. The fraction of sp³-hybridized carbons (Fsp3) is 0. The van der Waals surface area contributed by atoms with Crippen molar-refractivity contribution in [3.05, 3.63) is 182 Å². The molecule has 0 spiro atoms. The van der Waals surface area contributed by atoms with E-state index in [1.165, 1.54) is 21.5 Å². The van der Waals surface area contributed by atoms with Crippen molar-refractivity contribution in [1.82, 2.24) is 9.55 Å². The van der Waals surface area contributed by atoms with E-state index in [4.69, 9.17) is 4.98 Å². The molecule has 0 aliphatic carbocycles. The van der Waals surface area contributed by atoms with Crippen molar-refractivity contribution in [2.45, 2.75) is 9.79 Å². The van der Waals surface area contributed by atoms with Gasteiger partial charge in [0.05, 0.1) is 21.6 Å². The molecule has 1 aliphatic rings. The van der Waals surface area contributed by atoms with Crippen LogP contribution in [0.15, 0.2) is 192 Å². The fourth-order valence-electron chi connectivity index (χ4n) is 9.33. The van der Waals surface area contributed by atoms with Gasteiger partial charge in [-0.2, -0.15) is 0 Å². The van der Waals surface area contributed by atoms with Crippen LogP contribution in [-0.4, -0.2) is 18.0 Å². The van der Waals surface area contributed by atoms with Gasteiger partial charge in [0.2, 0.25) is 9.84 Å². The molecule has 262 valence electrons. The second kappa shape index (κ2) is 11.5. The lowest BCUT2D eigenvalue weighted by Gasteiger charge is -2.25. The minimum absolute atomic E-state index is 0.266. The number of aromatic nitrogens is 2. The molecule has 0 saturated carbocycles. The third kappa shape index (κ3) is 4.23. The van der Waals surface area contributed by atoms with E-state index < -0.39 is 9.84 Å². The van der Waals surface area contributed by atoms with Crippen molar-refractivity contribution in [2.24, 2.45) is 0 Å². The molecule has 11 aromatic rings. The zero-order chi connectivity index (χ0) is 37.1. The molecule has 0 atom stereocenters. The summed E-state index contributed by atoms with van der Waals surface area (Å²) in [4.78, 5) is 5.68. The summed E-state index contributed by atoms with van der Waals surface area (Å²) in [5.41, 5.74) is 6.63. The van der Waals surface area contributed by atoms with Gasteiger partial charge in [-0.3, -0.25) is 4.57 Å². The summed E-state index contributed by atoms with van der Waals surface area (Å²) in [6.45, 7) is 0. The smallest absolute Gasteiger partial charge is 0.211 e. The van der Waals surface area contributed by atoms with Gasteiger partial charge >= 0.3 is 0 Å². The largest absolute Gasteiger partial charge is 0.290 e. The predicted molar refractivity (Wildman–Crippen MR) is 230 cm³/mol. The van der Waals surface area contributed by atoms with Gasteiger partial charge in [0.25, 0.3) is 0 Å². The van der Waals surface area contributed by atoms with E-state index in [2.05, 4.69) is 138 Å². The molecule has 0 amide bonds. The SMILES string of the molecule is O=S1(=O)c2c(-c3c4ccccc4c(-c4cc5ccccc5c5ccccc45)c4ccccc34)cccc2-n2c(-c3ccc4ccccc4c3)nc3cccc1c32. The lowest BCUT2D eigenvalue weighted by Crippen LogP contribution is -2.16. The Bertz CT molecular complexity index is 3560. The van der Waals surface area contributed by atoms with Gasteiger partial charge in [-0.1, -0.05) is 152 Å². The number of hydrogen-bond donors (Lipinski definition) is 0. The van der Waals surface area contributed by atoms with Crippen LogP contribution in [0.3, 0.4) is 0 Å². The monoisotopic (exact) mass is 734 g/mol. The third-order valence-corrected chi connectivity index (χ3v) is 13.6. The first-order valence-electron chi connectivity index (χ1n) is 18.8. The van der Waals surface area contributed by atoms with Crippen molar-refractivity contribution in [2.75, 3.05) is 0 Å². The van der Waals surface area contributed by atoms with Gasteiger partial charge in [-0.05, 0) is 101 Å². The topological polar surface area (TPSA) is 52.0 Å². The Morgan fingerprint density at radius 2 is 1.00 bits per heavy atom. The number of nitrogens with zero attached hydrogens (tertiary/aromatic N) is 2. The molecule has 1 aliphatic heterocycles. The maximum atomic E-state index is 15.2. The standard InChI is InChI=1S/C51H30N2O2S/c54-56(55)46-26-12-24-44-49(46)53(51(52-44)34-28-27-31-13-1-2-14-32(31)29-34)45-25-11-23-42(50(45)56)47-38-19-7-9-21-40(38)48(41-22-10-8-20-39(41)47)43-30-33-15-3-4-16-35(33)36-17-5-6-18-37(36)43/h1-30H. The maximum Gasteiger partial charge on any atom is 0.211 e. The van der Waals surface area contributed by atoms with Gasteiger partial charge < -0.3 is 0 Å². The van der Waals surface area contributed by atoms with Crippen LogP contribution in [0, 0.1) is 0 Å². The Morgan fingerprint density at radius 1 is 0.429 bits per heavy atom. The first-order chi connectivity index (χ1) is 27.6. The molecular formula is C51H30N2O2S. The predicted octanol–water partition coefficient (Wildman–Crippen LogP) is 12.9. The fourth-order valence-corrected chi connectivity index (χ4v) is 11.2. The van der Waals surface area contributed by atoms with Crippen molar-refractivity contribution >= 4 is 74.7 Å². The van der Waals surface area contributed by atoms with E-state index in [9.17, 15) is 0 Å². The number of para-hydroxylation sites is 1. The number of benzene rings is 10. The van der Waals surface area contributed by atoms with E-state index in [1.54, 1.807) is 12.1 Å². The average Bonchev–Trinajstić information content (AvgIpc) is 3.64. The summed E-state index contributed by atoms with van der Waals surface area (Å²) in [6.07, 6.45) is 0. The summed E-state index contributed by atoms with van der Waals surface area (Å²) in [5, 5.41) is 11.1. The van der Waals surface area contributed by atoms with Crippen LogP contribution in [0.25, 0.3) is 104 Å². The second-order valence-electron chi connectivity index (χ2n) is 14.6. The van der Waals surface area contributed by atoms with Crippen molar-refractivity contribution < 1.29 is 8.42 Å². The van der Waals surface area contributed by atoms with E-state index in [1.807, 2.05) is 36.4 Å². The normalized spacial score (nSPS) is 13.3.